The first-order chi connectivity index (χ1) is 5.68. The number of nitrogens with zero attached hydrogens (tertiary/aromatic N) is 1. The van der Waals surface area contributed by atoms with E-state index in [9.17, 15) is 4.79 Å². The Hall–Kier alpha value is -0.770. The average Bonchev–Trinajstić information content (AvgIpc) is 2.03. The van der Waals surface area contributed by atoms with Gasteiger partial charge in [0, 0.05) is 35.3 Å². The zero-order chi connectivity index (χ0) is 8.97. The Morgan fingerprint density at radius 2 is 2.58 bits per heavy atom. The van der Waals surface area contributed by atoms with Crippen molar-refractivity contribution in [1.82, 2.24) is 3.93 Å². The molecule has 0 bridgehead atoms. The van der Waals surface area contributed by atoms with Crippen molar-refractivity contribution in [2.45, 2.75) is 6.42 Å². The van der Waals surface area contributed by atoms with E-state index in [1.54, 1.807) is 0 Å². The van der Waals surface area contributed by atoms with E-state index in [2.05, 4.69) is 16.1 Å². The van der Waals surface area contributed by atoms with Crippen LogP contribution in [0.15, 0.2) is 23.9 Å². The van der Waals surface area contributed by atoms with Crippen LogP contribution < -0.4 is 5.73 Å². The van der Waals surface area contributed by atoms with Crippen LogP contribution in [0.25, 0.3) is 0 Å². The van der Waals surface area contributed by atoms with Crippen LogP contribution in [-0.4, -0.2) is 16.4 Å². The Labute approximate surface area is 80.2 Å². The van der Waals surface area contributed by atoms with Crippen LogP contribution in [0.3, 0.4) is 0 Å². The molecule has 1 aliphatic rings. The Balaban J connectivity index is 2.35. The number of nitrogens with two attached hydrogens (primary N) is 1. The van der Waals surface area contributed by atoms with Gasteiger partial charge in [-0.2, -0.15) is 0 Å². The lowest BCUT2D eigenvalue weighted by atomic mass is 10.1. The highest BCUT2D eigenvalue weighted by molar-refractivity contribution is 9.07. The summed E-state index contributed by atoms with van der Waals surface area (Å²) < 4.78 is 1.87. The molecule has 0 spiro atoms. The summed E-state index contributed by atoms with van der Waals surface area (Å²) in [5, 5.41) is 0. The van der Waals surface area contributed by atoms with Crippen molar-refractivity contribution in [2.75, 3.05) is 6.54 Å². The second-order valence-corrected chi connectivity index (χ2v) is 3.39. The number of hydrogen-bond acceptors (Lipinski definition) is 2. The predicted octanol–water partition coefficient (Wildman–Crippen LogP) is 1.13. The van der Waals surface area contributed by atoms with Crippen LogP contribution in [0, 0.1) is 6.42 Å². The van der Waals surface area contributed by atoms with Gasteiger partial charge >= 0.3 is 0 Å². The summed E-state index contributed by atoms with van der Waals surface area (Å²) in [7, 11) is 0. The zero-order valence-corrected chi connectivity index (χ0v) is 8.12. The van der Waals surface area contributed by atoms with E-state index in [1.165, 1.54) is 0 Å². The highest BCUT2D eigenvalue weighted by atomic mass is 79.9. The number of primary amides is 1. The molecular formula is C8H10BrN2O. The van der Waals surface area contributed by atoms with E-state index < -0.39 is 0 Å². The number of rotatable bonds is 3. The molecule has 0 fully saturated rings. The average molecular weight is 230 g/mol. The Morgan fingerprint density at radius 1 is 1.83 bits per heavy atom. The van der Waals surface area contributed by atoms with Gasteiger partial charge in [0.15, 0.2) is 0 Å². The molecule has 1 amide bonds. The standard InChI is InChI=1S/C8H10BrN2O/c9-11-5-3-7(4-6-11)1-2-8(10)12/h1,3-5H,2,6H2,(H2,10,12). The topological polar surface area (TPSA) is 46.3 Å². The van der Waals surface area contributed by atoms with Gasteiger partial charge in [-0.25, -0.2) is 0 Å². The van der Waals surface area contributed by atoms with Crippen molar-refractivity contribution in [3.63, 3.8) is 0 Å². The van der Waals surface area contributed by atoms with Gasteiger partial charge in [0.1, 0.15) is 0 Å². The molecule has 1 heterocycles. The summed E-state index contributed by atoms with van der Waals surface area (Å²) in [6.07, 6.45) is 7.95. The summed E-state index contributed by atoms with van der Waals surface area (Å²) in [6.45, 7) is 0.807. The Kier molecular flexibility index (Phi) is 3.34. The fraction of sp³-hybridized carbons (Fsp3) is 0.250. The number of hydrogen-bond donors (Lipinski definition) is 1. The predicted molar refractivity (Wildman–Crippen MR) is 51.0 cm³/mol. The molecule has 1 rings (SSSR count). The number of carbonyl (C=O) groups excluding carboxylic acids is 1. The Morgan fingerprint density at radius 3 is 3.08 bits per heavy atom. The summed E-state index contributed by atoms with van der Waals surface area (Å²) >= 11 is 3.29. The minimum atomic E-state index is -0.300. The van der Waals surface area contributed by atoms with Crippen LogP contribution in [0.4, 0.5) is 0 Å². The fourth-order valence-corrected chi connectivity index (χ4v) is 1.12. The minimum Gasteiger partial charge on any atom is -0.370 e. The number of amides is 1. The van der Waals surface area contributed by atoms with E-state index in [0.29, 0.717) is 6.42 Å². The number of carbonyl (C=O) groups is 1. The van der Waals surface area contributed by atoms with Crippen molar-refractivity contribution in [2.24, 2.45) is 5.73 Å². The smallest absolute Gasteiger partial charge is 0.218 e. The third kappa shape index (κ3) is 3.09. The molecule has 65 valence electrons. The van der Waals surface area contributed by atoms with Crippen LogP contribution in [0.2, 0.25) is 0 Å². The highest BCUT2D eigenvalue weighted by Crippen LogP contribution is 2.13. The third-order valence-electron chi connectivity index (χ3n) is 1.47. The van der Waals surface area contributed by atoms with Crippen molar-refractivity contribution in [1.29, 1.82) is 0 Å². The maximum Gasteiger partial charge on any atom is 0.218 e. The lowest BCUT2D eigenvalue weighted by molar-refractivity contribution is -0.117. The minimum absolute atomic E-state index is 0.300. The molecule has 1 radical (unpaired) electrons. The van der Waals surface area contributed by atoms with Crippen molar-refractivity contribution >= 4 is 22.1 Å². The van der Waals surface area contributed by atoms with Gasteiger partial charge < -0.3 is 9.66 Å². The molecule has 0 atom stereocenters. The van der Waals surface area contributed by atoms with Gasteiger partial charge in [0.2, 0.25) is 5.91 Å². The van der Waals surface area contributed by atoms with Crippen LogP contribution >= 0.6 is 16.1 Å². The van der Waals surface area contributed by atoms with E-state index in [-0.39, 0.29) is 5.91 Å². The van der Waals surface area contributed by atoms with E-state index in [1.807, 2.05) is 28.7 Å². The van der Waals surface area contributed by atoms with Gasteiger partial charge in [-0.1, -0.05) is 6.08 Å². The van der Waals surface area contributed by atoms with Crippen LogP contribution in [0.5, 0.6) is 0 Å². The van der Waals surface area contributed by atoms with Gasteiger partial charge in [0.25, 0.3) is 0 Å². The van der Waals surface area contributed by atoms with Gasteiger partial charge in [-0.15, -0.1) is 0 Å². The SMILES string of the molecule is NC(=O)C[CH]C1=CCN(Br)C=C1. The lowest BCUT2D eigenvalue weighted by Gasteiger charge is -2.13. The van der Waals surface area contributed by atoms with Crippen LogP contribution in [-0.2, 0) is 4.79 Å². The molecule has 0 aromatic rings. The molecule has 0 saturated carbocycles. The second-order valence-electron chi connectivity index (χ2n) is 2.48. The Bertz CT molecular complexity index is 235. The maximum atomic E-state index is 10.4. The molecule has 0 aromatic heterocycles. The molecule has 2 N–H and O–H groups in total. The fourth-order valence-electron chi connectivity index (χ4n) is 0.858. The van der Waals surface area contributed by atoms with Crippen molar-refractivity contribution < 1.29 is 4.79 Å². The van der Waals surface area contributed by atoms with E-state index in [0.717, 1.165) is 12.1 Å². The highest BCUT2D eigenvalue weighted by Gasteiger charge is 2.03. The van der Waals surface area contributed by atoms with E-state index in [4.69, 9.17) is 5.73 Å². The molecule has 0 saturated heterocycles. The number of halogens is 1. The summed E-state index contributed by atoms with van der Waals surface area (Å²) in [6, 6.07) is 0. The first-order valence-electron chi connectivity index (χ1n) is 3.61. The summed E-state index contributed by atoms with van der Waals surface area (Å²) in [4.78, 5) is 10.4. The number of allylic oxidation sites excluding steroid dienone is 2. The molecule has 4 heteroatoms. The molecular weight excluding hydrogens is 220 g/mol. The van der Waals surface area contributed by atoms with Gasteiger partial charge in [-0.3, -0.25) is 4.79 Å². The maximum absolute atomic E-state index is 10.4. The van der Waals surface area contributed by atoms with Gasteiger partial charge in [0.05, 0.1) is 0 Å². The molecule has 0 aromatic carbocycles. The molecule has 0 unspecified atom stereocenters. The molecule has 12 heavy (non-hydrogen) atoms. The van der Waals surface area contributed by atoms with E-state index >= 15 is 0 Å². The first kappa shape index (κ1) is 9.32. The molecule has 0 aliphatic carbocycles. The molecule has 3 nitrogen and oxygen atoms in total. The van der Waals surface area contributed by atoms with Crippen LogP contribution in [0.1, 0.15) is 6.42 Å². The summed E-state index contributed by atoms with van der Waals surface area (Å²) in [5.41, 5.74) is 6.04. The van der Waals surface area contributed by atoms with Gasteiger partial charge in [-0.05, 0) is 18.1 Å². The monoisotopic (exact) mass is 229 g/mol. The second kappa shape index (κ2) is 4.30. The molecule has 1 aliphatic heterocycles. The first-order valence-corrected chi connectivity index (χ1v) is 4.31. The largest absolute Gasteiger partial charge is 0.370 e. The lowest BCUT2D eigenvalue weighted by Crippen LogP contribution is -2.12. The third-order valence-corrected chi connectivity index (χ3v) is 2.00. The summed E-state index contributed by atoms with van der Waals surface area (Å²) in [5.74, 6) is -0.300. The quantitative estimate of drug-likeness (QED) is 0.738. The van der Waals surface area contributed by atoms with Crippen molar-refractivity contribution in [3.05, 3.63) is 30.3 Å². The zero-order valence-electron chi connectivity index (χ0n) is 6.53. The van der Waals surface area contributed by atoms with Crippen molar-refractivity contribution in [3.8, 4) is 0 Å². The normalized spacial score (nSPS) is 16.1.